The van der Waals surface area contributed by atoms with Crippen LogP contribution in [0.4, 0.5) is 5.69 Å². The maximum Gasteiger partial charge on any atom is 0.0670 e. The Balaban J connectivity index is 2.75. The van der Waals surface area contributed by atoms with Crippen LogP contribution in [0.2, 0.25) is 0 Å². The first-order chi connectivity index (χ1) is 6.74. The number of thiophene rings is 1. The van der Waals surface area contributed by atoms with E-state index in [1.807, 2.05) is 17.5 Å². The van der Waals surface area contributed by atoms with E-state index in [0.717, 1.165) is 20.5 Å². The van der Waals surface area contributed by atoms with Gasteiger partial charge in [0.1, 0.15) is 0 Å². The molecule has 0 aliphatic heterocycles. The summed E-state index contributed by atoms with van der Waals surface area (Å²) in [5.41, 5.74) is 7.37. The standard InChI is InChI=1S/C10H8N2S2/c11-3-1-6-5-7-2-4-14-10(7)9(13)8(6)12/h2,4-5,13H,1,12H2. The summed E-state index contributed by atoms with van der Waals surface area (Å²) in [6.07, 6.45) is 0.338. The van der Waals surface area contributed by atoms with Crippen LogP contribution in [-0.4, -0.2) is 0 Å². The maximum absolute atomic E-state index is 8.63. The van der Waals surface area contributed by atoms with Gasteiger partial charge in [-0.15, -0.1) is 24.0 Å². The lowest BCUT2D eigenvalue weighted by Crippen LogP contribution is -1.94. The number of benzene rings is 1. The number of thiol groups is 1. The minimum Gasteiger partial charge on any atom is -0.398 e. The van der Waals surface area contributed by atoms with E-state index < -0.39 is 0 Å². The smallest absolute Gasteiger partial charge is 0.0670 e. The summed E-state index contributed by atoms with van der Waals surface area (Å²) in [7, 11) is 0. The fraction of sp³-hybridized carbons (Fsp3) is 0.100. The summed E-state index contributed by atoms with van der Waals surface area (Å²) in [5.74, 6) is 0. The predicted octanol–water partition coefficient (Wildman–Crippen LogP) is 2.84. The molecule has 0 fully saturated rings. The zero-order chi connectivity index (χ0) is 10.1. The quantitative estimate of drug-likeness (QED) is 0.573. The molecule has 0 unspecified atom stereocenters. The van der Waals surface area contributed by atoms with Crippen molar-refractivity contribution in [2.24, 2.45) is 0 Å². The molecule has 0 saturated carbocycles. The van der Waals surface area contributed by atoms with Crippen LogP contribution in [0.1, 0.15) is 5.56 Å². The molecule has 0 saturated heterocycles. The lowest BCUT2D eigenvalue weighted by atomic mass is 10.1. The number of hydrogen-bond donors (Lipinski definition) is 2. The van der Waals surface area contributed by atoms with Crippen LogP contribution in [0.25, 0.3) is 10.1 Å². The van der Waals surface area contributed by atoms with Gasteiger partial charge in [0.05, 0.1) is 18.2 Å². The van der Waals surface area contributed by atoms with Gasteiger partial charge in [0.15, 0.2) is 0 Å². The second-order valence-corrected chi connectivity index (χ2v) is 4.34. The lowest BCUT2D eigenvalue weighted by molar-refractivity contribution is 1.26. The molecule has 0 bridgehead atoms. The Labute approximate surface area is 91.4 Å². The Morgan fingerprint density at radius 2 is 2.36 bits per heavy atom. The Morgan fingerprint density at radius 1 is 1.57 bits per heavy atom. The Bertz CT molecular complexity index is 523. The van der Waals surface area contributed by atoms with E-state index in [2.05, 4.69) is 18.7 Å². The van der Waals surface area contributed by atoms with E-state index in [1.54, 1.807) is 11.3 Å². The summed E-state index contributed by atoms with van der Waals surface area (Å²) in [6, 6.07) is 6.07. The number of anilines is 1. The summed E-state index contributed by atoms with van der Waals surface area (Å²) in [5, 5.41) is 11.7. The van der Waals surface area contributed by atoms with Gasteiger partial charge in [-0.05, 0) is 28.5 Å². The highest BCUT2D eigenvalue weighted by Crippen LogP contribution is 2.34. The summed E-state index contributed by atoms with van der Waals surface area (Å²) >= 11 is 5.98. The topological polar surface area (TPSA) is 49.8 Å². The monoisotopic (exact) mass is 220 g/mol. The molecule has 1 aromatic heterocycles. The van der Waals surface area contributed by atoms with Crippen molar-refractivity contribution < 1.29 is 0 Å². The van der Waals surface area contributed by atoms with Crippen molar-refractivity contribution >= 4 is 39.7 Å². The molecule has 0 spiro atoms. The summed E-state index contributed by atoms with van der Waals surface area (Å²) in [4.78, 5) is 0.794. The van der Waals surface area contributed by atoms with Crippen LogP contribution in [0.15, 0.2) is 22.4 Å². The lowest BCUT2D eigenvalue weighted by Gasteiger charge is -2.05. The van der Waals surface area contributed by atoms with Crippen LogP contribution in [0.3, 0.4) is 0 Å². The first-order valence-corrected chi connectivity index (χ1v) is 5.41. The van der Waals surface area contributed by atoms with Crippen molar-refractivity contribution in [2.45, 2.75) is 11.3 Å². The molecule has 1 heterocycles. The van der Waals surface area contributed by atoms with Crippen molar-refractivity contribution in [3.63, 3.8) is 0 Å². The average molecular weight is 220 g/mol. The van der Waals surface area contributed by atoms with Crippen LogP contribution in [-0.2, 0) is 6.42 Å². The predicted molar refractivity (Wildman–Crippen MR) is 62.8 cm³/mol. The minimum atomic E-state index is 0.338. The van der Waals surface area contributed by atoms with Gasteiger partial charge in [-0.25, -0.2) is 0 Å². The number of hydrogen-bond acceptors (Lipinski definition) is 4. The molecular weight excluding hydrogens is 212 g/mol. The Morgan fingerprint density at radius 3 is 3.07 bits per heavy atom. The van der Waals surface area contributed by atoms with E-state index in [4.69, 9.17) is 11.0 Å². The third-order valence-electron chi connectivity index (χ3n) is 2.11. The molecule has 0 atom stereocenters. The van der Waals surface area contributed by atoms with Crippen molar-refractivity contribution in [1.29, 1.82) is 5.26 Å². The number of fused-ring (bicyclic) bond motifs is 1. The van der Waals surface area contributed by atoms with E-state index in [1.165, 1.54) is 0 Å². The molecular formula is C10H8N2S2. The van der Waals surface area contributed by atoms with Crippen molar-refractivity contribution in [3.05, 3.63) is 23.1 Å². The second kappa shape index (κ2) is 3.52. The van der Waals surface area contributed by atoms with Gasteiger partial charge in [-0.1, -0.05) is 0 Å². The van der Waals surface area contributed by atoms with E-state index >= 15 is 0 Å². The Kier molecular flexibility index (Phi) is 2.36. The fourth-order valence-corrected chi connectivity index (χ4v) is 2.66. The molecule has 2 rings (SSSR count). The highest BCUT2D eigenvalue weighted by Gasteiger charge is 2.08. The van der Waals surface area contributed by atoms with Crippen molar-refractivity contribution in [2.75, 3.05) is 5.73 Å². The first kappa shape index (κ1) is 9.38. The molecule has 0 aliphatic carbocycles. The molecule has 2 nitrogen and oxygen atoms in total. The fourth-order valence-electron chi connectivity index (χ4n) is 1.40. The number of nitrogens with zero attached hydrogens (tertiary/aromatic N) is 1. The van der Waals surface area contributed by atoms with Crippen LogP contribution >= 0.6 is 24.0 Å². The third-order valence-corrected chi connectivity index (χ3v) is 3.67. The average Bonchev–Trinajstić information content (AvgIpc) is 2.62. The molecule has 70 valence electrons. The first-order valence-electron chi connectivity index (χ1n) is 4.08. The number of nitrogens with two attached hydrogens (primary N) is 1. The van der Waals surface area contributed by atoms with Crippen molar-refractivity contribution in [3.8, 4) is 6.07 Å². The normalized spacial score (nSPS) is 10.3. The molecule has 1 aromatic carbocycles. The van der Waals surface area contributed by atoms with Crippen LogP contribution < -0.4 is 5.73 Å². The zero-order valence-electron chi connectivity index (χ0n) is 7.32. The molecule has 2 N–H and O–H groups in total. The molecule has 0 radical (unpaired) electrons. The number of nitriles is 1. The van der Waals surface area contributed by atoms with Gasteiger partial charge >= 0.3 is 0 Å². The zero-order valence-corrected chi connectivity index (χ0v) is 9.03. The van der Waals surface area contributed by atoms with Gasteiger partial charge in [-0.3, -0.25) is 0 Å². The van der Waals surface area contributed by atoms with E-state index in [9.17, 15) is 0 Å². The van der Waals surface area contributed by atoms with Crippen molar-refractivity contribution in [1.82, 2.24) is 0 Å². The van der Waals surface area contributed by atoms with Gasteiger partial charge < -0.3 is 5.73 Å². The number of nitrogen functional groups attached to an aromatic ring is 1. The highest BCUT2D eigenvalue weighted by molar-refractivity contribution is 7.81. The van der Waals surface area contributed by atoms with Gasteiger partial charge in [0.2, 0.25) is 0 Å². The molecule has 2 aromatic rings. The summed E-state index contributed by atoms with van der Waals surface area (Å²) < 4.78 is 1.09. The minimum absolute atomic E-state index is 0.338. The Hall–Kier alpha value is -1.18. The van der Waals surface area contributed by atoms with Crippen LogP contribution in [0, 0.1) is 11.3 Å². The number of rotatable bonds is 1. The van der Waals surface area contributed by atoms with Crippen LogP contribution in [0.5, 0.6) is 0 Å². The van der Waals surface area contributed by atoms with E-state index in [-0.39, 0.29) is 0 Å². The largest absolute Gasteiger partial charge is 0.398 e. The van der Waals surface area contributed by atoms with Gasteiger partial charge in [-0.2, -0.15) is 5.26 Å². The molecule has 0 aliphatic rings. The SMILES string of the molecule is N#CCc1cc2ccsc2c(S)c1N. The summed E-state index contributed by atoms with van der Waals surface area (Å²) in [6.45, 7) is 0. The van der Waals surface area contributed by atoms with E-state index in [0.29, 0.717) is 12.1 Å². The third kappa shape index (κ3) is 1.35. The highest BCUT2D eigenvalue weighted by atomic mass is 32.1. The molecule has 4 heteroatoms. The van der Waals surface area contributed by atoms with Gasteiger partial charge in [0.25, 0.3) is 0 Å². The van der Waals surface area contributed by atoms with Gasteiger partial charge in [0, 0.05) is 9.60 Å². The second-order valence-electron chi connectivity index (χ2n) is 2.97. The molecule has 14 heavy (non-hydrogen) atoms. The molecule has 0 amide bonds. The maximum atomic E-state index is 8.63.